The highest BCUT2D eigenvalue weighted by Crippen LogP contribution is 2.17. The van der Waals surface area contributed by atoms with Crippen LogP contribution in [0.5, 0.6) is 5.75 Å². The van der Waals surface area contributed by atoms with Crippen molar-refractivity contribution in [3.05, 3.63) is 70.9 Å². The van der Waals surface area contributed by atoms with Gasteiger partial charge in [0.2, 0.25) is 0 Å². The lowest BCUT2D eigenvalue weighted by atomic mass is 9.99. The molecule has 0 fully saturated rings. The third-order valence-corrected chi connectivity index (χ3v) is 3.53. The van der Waals surface area contributed by atoms with Crippen molar-refractivity contribution in [1.29, 1.82) is 0 Å². The zero-order valence-electron chi connectivity index (χ0n) is 12.5. The van der Waals surface area contributed by atoms with Crippen LogP contribution in [0.1, 0.15) is 30.4 Å². The minimum atomic E-state index is 0.346. The van der Waals surface area contributed by atoms with Gasteiger partial charge in [-0.2, -0.15) is 0 Å². The molecule has 0 amide bonds. The molecule has 0 aromatic heterocycles. The molecule has 0 spiro atoms. The number of hydrogen-bond donors (Lipinski definition) is 0. The van der Waals surface area contributed by atoms with Gasteiger partial charge in [0.15, 0.2) is 12.8 Å². The van der Waals surface area contributed by atoms with E-state index in [-0.39, 0.29) is 0 Å². The van der Waals surface area contributed by atoms with Crippen molar-refractivity contribution in [3.63, 3.8) is 0 Å². The Labute approximate surface area is 126 Å². The summed E-state index contributed by atoms with van der Waals surface area (Å²) in [6.07, 6.45) is 2.46. The van der Waals surface area contributed by atoms with Crippen molar-refractivity contribution >= 4 is 6.21 Å². The second-order valence-electron chi connectivity index (χ2n) is 5.15. The average molecular weight is 283 g/mol. The summed E-state index contributed by atoms with van der Waals surface area (Å²) in [7, 11) is 1.63. The molecule has 3 nitrogen and oxygen atoms in total. The molecule has 2 rings (SSSR count). The van der Waals surface area contributed by atoms with Crippen molar-refractivity contribution in [1.82, 2.24) is 0 Å². The molecule has 0 bridgehead atoms. The maximum atomic E-state index is 11.9. The van der Waals surface area contributed by atoms with Crippen LogP contribution in [0.4, 0.5) is 0 Å². The Morgan fingerprint density at radius 1 is 1.10 bits per heavy atom. The summed E-state index contributed by atoms with van der Waals surface area (Å²) >= 11 is 0. The minimum Gasteiger partial charge on any atom is -0.624 e. The van der Waals surface area contributed by atoms with Crippen molar-refractivity contribution in [3.8, 4) is 5.75 Å². The maximum Gasteiger partial charge on any atom is 0.178 e. The zero-order chi connectivity index (χ0) is 15.1. The Bertz CT molecular complexity index is 576. The van der Waals surface area contributed by atoms with Gasteiger partial charge in [0.1, 0.15) is 5.75 Å². The molecule has 0 aliphatic rings. The molecule has 2 aromatic rings. The molecule has 0 aliphatic carbocycles. The lowest BCUT2D eigenvalue weighted by molar-refractivity contribution is -0.471. The molecule has 0 N–H and O–H groups in total. The Balaban J connectivity index is 1.91. The molecule has 1 unspecified atom stereocenters. The fourth-order valence-corrected chi connectivity index (χ4v) is 2.17. The molecular weight excluding hydrogens is 262 g/mol. The van der Waals surface area contributed by atoms with Gasteiger partial charge in [-0.1, -0.05) is 37.3 Å². The molecule has 1 atom stereocenters. The van der Waals surface area contributed by atoms with Crippen molar-refractivity contribution in [2.45, 2.75) is 25.8 Å². The average Bonchev–Trinajstić information content (AvgIpc) is 2.54. The van der Waals surface area contributed by atoms with Gasteiger partial charge in [-0.3, -0.25) is 0 Å². The summed E-state index contributed by atoms with van der Waals surface area (Å²) < 4.78 is 6.10. The number of hydrogen-bond acceptors (Lipinski definition) is 2. The predicted molar refractivity (Wildman–Crippen MR) is 85.9 cm³/mol. The standard InChI is InChI=1S/C18H21NO2/c1-15(17-6-4-3-5-7-17)12-13-19(20)14-16-8-10-18(21-2)11-9-16/h3-11,13,15H,12,14H2,1-2H3. The third-order valence-electron chi connectivity index (χ3n) is 3.53. The van der Waals surface area contributed by atoms with Crippen molar-refractivity contribution in [2.24, 2.45) is 0 Å². The molecule has 2 aromatic carbocycles. The minimum absolute atomic E-state index is 0.346. The highest BCUT2D eigenvalue weighted by molar-refractivity contribution is 5.53. The van der Waals surface area contributed by atoms with Crippen molar-refractivity contribution in [2.75, 3.05) is 7.11 Å². The molecule has 0 aliphatic heterocycles. The third kappa shape index (κ3) is 4.63. The van der Waals surface area contributed by atoms with Gasteiger partial charge in [-0.15, -0.1) is 0 Å². The first-order chi connectivity index (χ1) is 10.2. The number of ether oxygens (including phenoxy) is 1. The molecule has 0 heterocycles. The summed E-state index contributed by atoms with van der Waals surface area (Å²) in [6.45, 7) is 2.50. The van der Waals surface area contributed by atoms with Crippen LogP contribution in [-0.4, -0.2) is 18.1 Å². The molecule has 110 valence electrons. The van der Waals surface area contributed by atoms with E-state index < -0.39 is 0 Å². The lowest BCUT2D eigenvalue weighted by Crippen LogP contribution is -2.07. The van der Waals surface area contributed by atoms with Crippen molar-refractivity contribution < 1.29 is 9.48 Å². The molecule has 21 heavy (non-hydrogen) atoms. The number of benzene rings is 2. The van der Waals surface area contributed by atoms with Gasteiger partial charge in [0.25, 0.3) is 0 Å². The van der Waals surface area contributed by atoms with E-state index in [1.165, 1.54) is 5.56 Å². The summed E-state index contributed by atoms with van der Waals surface area (Å²) in [5.74, 6) is 1.15. The second kappa shape index (κ2) is 7.48. The van der Waals surface area contributed by atoms with Crippen LogP contribution >= 0.6 is 0 Å². The Morgan fingerprint density at radius 3 is 2.38 bits per heavy atom. The molecule has 0 saturated carbocycles. The van der Waals surface area contributed by atoms with E-state index in [2.05, 4.69) is 19.1 Å². The van der Waals surface area contributed by atoms with E-state index in [0.29, 0.717) is 12.5 Å². The van der Waals surface area contributed by atoms with Crippen LogP contribution in [0.3, 0.4) is 0 Å². The quantitative estimate of drug-likeness (QED) is 0.348. The number of nitrogens with zero attached hydrogens (tertiary/aromatic N) is 1. The maximum absolute atomic E-state index is 11.9. The topological polar surface area (TPSA) is 35.3 Å². The van der Waals surface area contributed by atoms with E-state index in [0.717, 1.165) is 22.5 Å². The second-order valence-corrected chi connectivity index (χ2v) is 5.15. The first kappa shape index (κ1) is 15.1. The van der Waals surface area contributed by atoms with Crippen LogP contribution in [-0.2, 0) is 6.54 Å². The number of rotatable bonds is 6. The van der Waals surface area contributed by atoms with Gasteiger partial charge >= 0.3 is 0 Å². The number of methoxy groups -OCH3 is 1. The number of hydroxylamine groups is 1. The smallest absolute Gasteiger partial charge is 0.178 e. The largest absolute Gasteiger partial charge is 0.624 e. The highest BCUT2D eigenvalue weighted by atomic mass is 16.5. The van der Waals surface area contributed by atoms with Crippen LogP contribution in [0, 0.1) is 5.21 Å². The first-order valence-electron chi connectivity index (χ1n) is 7.14. The van der Waals surface area contributed by atoms with E-state index in [4.69, 9.17) is 4.74 Å². The van der Waals surface area contributed by atoms with Crippen LogP contribution in [0.25, 0.3) is 0 Å². The fraction of sp³-hybridized carbons (Fsp3) is 0.278. The van der Waals surface area contributed by atoms with Gasteiger partial charge in [0.05, 0.1) is 7.11 Å². The van der Waals surface area contributed by atoms with E-state index in [9.17, 15) is 5.21 Å². The van der Waals surface area contributed by atoms with Gasteiger partial charge in [0, 0.05) is 12.0 Å². The van der Waals surface area contributed by atoms with Crippen LogP contribution in [0.15, 0.2) is 54.6 Å². The van der Waals surface area contributed by atoms with E-state index in [1.807, 2.05) is 42.5 Å². The van der Waals surface area contributed by atoms with Crippen LogP contribution in [0.2, 0.25) is 0 Å². The summed E-state index contributed by atoms with van der Waals surface area (Å²) in [4.78, 5) is 0. The van der Waals surface area contributed by atoms with E-state index in [1.54, 1.807) is 13.3 Å². The van der Waals surface area contributed by atoms with Crippen LogP contribution < -0.4 is 4.74 Å². The summed E-state index contributed by atoms with van der Waals surface area (Å²) in [5.41, 5.74) is 2.24. The summed E-state index contributed by atoms with van der Waals surface area (Å²) in [5, 5.41) is 11.9. The lowest BCUT2D eigenvalue weighted by Gasteiger charge is -2.09. The molecule has 3 heteroatoms. The first-order valence-corrected chi connectivity index (χ1v) is 7.14. The SMILES string of the molecule is COc1ccc(C[N+]([O-])=CCC(C)c2ccccc2)cc1. The molecular formula is C18H21NO2. The Kier molecular flexibility index (Phi) is 5.38. The predicted octanol–water partition coefficient (Wildman–Crippen LogP) is 3.97. The molecule has 0 radical (unpaired) electrons. The van der Waals surface area contributed by atoms with Gasteiger partial charge < -0.3 is 9.94 Å². The Morgan fingerprint density at radius 2 is 1.76 bits per heavy atom. The Hall–Kier alpha value is -2.29. The molecule has 0 saturated heterocycles. The van der Waals surface area contributed by atoms with Gasteiger partial charge in [-0.25, -0.2) is 4.74 Å². The zero-order valence-corrected chi connectivity index (χ0v) is 12.5. The normalized spacial score (nSPS) is 13.0. The van der Waals surface area contributed by atoms with E-state index >= 15 is 0 Å². The summed E-state index contributed by atoms with van der Waals surface area (Å²) in [6, 6.07) is 17.8. The van der Waals surface area contributed by atoms with Gasteiger partial charge in [-0.05, 0) is 35.7 Å². The monoisotopic (exact) mass is 283 g/mol. The fourth-order valence-electron chi connectivity index (χ4n) is 2.17. The highest BCUT2D eigenvalue weighted by Gasteiger charge is 2.06.